The molecule has 5 nitrogen and oxygen atoms in total. The Morgan fingerprint density at radius 3 is 2.69 bits per heavy atom. The maximum atomic E-state index is 4.43. The molecule has 0 fully saturated rings. The highest BCUT2D eigenvalue weighted by molar-refractivity contribution is 5.29. The van der Waals surface area contributed by atoms with Gasteiger partial charge in [-0.15, -0.1) is 0 Å². The number of aryl methyl sites for hydroxylation is 2. The summed E-state index contributed by atoms with van der Waals surface area (Å²) in [4.78, 5) is 0. The van der Waals surface area contributed by atoms with E-state index in [0.29, 0.717) is 5.92 Å². The number of nitrogens with one attached hydrogen (secondary N) is 1. The largest absolute Gasteiger partial charge is 0.272 e. The molecule has 2 aromatic heterocycles. The van der Waals surface area contributed by atoms with Gasteiger partial charge < -0.3 is 0 Å². The third kappa shape index (κ3) is 1.85. The lowest BCUT2D eigenvalue weighted by Gasteiger charge is -2.10. The van der Waals surface area contributed by atoms with Crippen molar-refractivity contribution in [3.05, 3.63) is 28.8 Å². The summed E-state index contributed by atoms with van der Waals surface area (Å²) in [5.41, 5.74) is 4.66. The topological polar surface area (TPSA) is 59.4 Å². The third-order valence-electron chi connectivity index (χ3n) is 3.04. The lowest BCUT2D eigenvalue weighted by molar-refractivity contribution is 0.710. The van der Waals surface area contributed by atoms with Crippen LogP contribution in [-0.2, 0) is 13.5 Å². The molecule has 2 rings (SSSR count). The minimum Gasteiger partial charge on any atom is -0.272 e. The maximum Gasteiger partial charge on any atom is 0.0830 e. The number of aromatic amines is 1. The first-order chi connectivity index (χ1) is 7.59. The van der Waals surface area contributed by atoms with E-state index in [1.807, 2.05) is 11.7 Å². The smallest absolute Gasteiger partial charge is 0.0830 e. The van der Waals surface area contributed by atoms with Crippen molar-refractivity contribution in [2.24, 2.45) is 7.05 Å². The second-order valence-corrected chi connectivity index (χ2v) is 4.27. The molecule has 0 saturated carbocycles. The van der Waals surface area contributed by atoms with E-state index in [1.165, 1.54) is 11.3 Å². The van der Waals surface area contributed by atoms with E-state index in [2.05, 4.69) is 41.3 Å². The van der Waals surface area contributed by atoms with Crippen LogP contribution in [0.15, 0.2) is 6.20 Å². The van der Waals surface area contributed by atoms with Gasteiger partial charge in [0.05, 0.1) is 17.6 Å². The van der Waals surface area contributed by atoms with Crippen molar-refractivity contribution in [2.75, 3.05) is 0 Å². The second-order valence-electron chi connectivity index (χ2n) is 4.27. The molecule has 16 heavy (non-hydrogen) atoms. The third-order valence-corrected chi connectivity index (χ3v) is 3.04. The normalized spacial score (nSPS) is 13.0. The minimum atomic E-state index is 0.416. The highest BCUT2D eigenvalue weighted by Crippen LogP contribution is 2.25. The molecule has 0 amide bonds. The zero-order chi connectivity index (χ0) is 11.7. The quantitative estimate of drug-likeness (QED) is 0.851. The van der Waals surface area contributed by atoms with Crippen LogP contribution in [0.2, 0.25) is 0 Å². The summed E-state index contributed by atoms with van der Waals surface area (Å²) in [6, 6.07) is 0. The van der Waals surface area contributed by atoms with Gasteiger partial charge in [0.1, 0.15) is 0 Å². The zero-order valence-corrected chi connectivity index (χ0v) is 10.2. The van der Waals surface area contributed by atoms with E-state index in [9.17, 15) is 0 Å². The van der Waals surface area contributed by atoms with Crippen LogP contribution in [0.3, 0.4) is 0 Å². The molecule has 5 heteroatoms. The fraction of sp³-hybridized carbons (Fsp3) is 0.545. The Hall–Kier alpha value is -1.65. The SMILES string of the molecule is Cc1nn(C)c(C)c1C(C)Cc1cn[nH]n1. The Labute approximate surface area is 94.9 Å². The predicted molar refractivity (Wildman–Crippen MR) is 61.2 cm³/mol. The Bertz CT molecular complexity index is 469. The van der Waals surface area contributed by atoms with Gasteiger partial charge >= 0.3 is 0 Å². The fourth-order valence-corrected chi connectivity index (χ4v) is 2.24. The molecule has 2 aromatic rings. The van der Waals surface area contributed by atoms with Crippen LogP contribution < -0.4 is 0 Å². The molecule has 0 aliphatic rings. The van der Waals surface area contributed by atoms with Gasteiger partial charge in [-0.25, -0.2) is 0 Å². The summed E-state index contributed by atoms with van der Waals surface area (Å²) in [7, 11) is 1.98. The lowest BCUT2D eigenvalue weighted by atomic mass is 9.95. The first-order valence-electron chi connectivity index (χ1n) is 5.44. The number of nitrogens with zero attached hydrogens (tertiary/aromatic N) is 4. The van der Waals surface area contributed by atoms with Gasteiger partial charge in [-0.3, -0.25) is 4.68 Å². The van der Waals surface area contributed by atoms with E-state index >= 15 is 0 Å². The predicted octanol–water partition coefficient (Wildman–Crippen LogP) is 1.50. The van der Waals surface area contributed by atoms with Crippen molar-refractivity contribution in [1.29, 1.82) is 0 Å². The molecule has 0 spiro atoms. The average Bonchev–Trinajstić information content (AvgIpc) is 2.77. The molecular formula is C11H17N5. The highest BCUT2D eigenvalue weighted by atomic mass is 15.3. The summed E-state index contributed by atoms with van der Waals surface area (Å²) < 4.78 is 1.93. The van der Waals surface area contributed by atoms with Gasteiger partial charge in [0.15, 0.2) is 0 Å². The maximum absolute atomic E-state index is 4.43. The monoisotopic (exact) mass is 219 g/mol. The number of hydrogen-bond acceptors (Lipinski definition) is 3. The number of H-pyrrole nitrogens is 1. The van der Waals surface area contributed by atoms with Gasteiger partial charge in [0, 0.05) is 12.7 Å². The van der Waals surface area contributed by atoms with E-state index in [-0.39, 0.29) is 0 Å². The summed E-state index contributed by atoms with van der Waals surface area (Å²) >= 11 is 0. The van der Waals surface area contributed by atoms with Gasteiger partial charge in [-0.05, 0) is 31.7 Å². The van der Waals surface area contributed by atoms with Gasteiger partial charge in [0.2, 0.25) is 0 Å². The van der Waals surface area contributed by atoms with E-state index < -0.39 is 0 Å². The van der Waals surface area contributed by atoms with Crippen LogP contribution in [0, 0.1) is 13.8 Å². The molecular weight excluding hydrogens is 202 g/mol. The fourth-order valence-electron chi connectivity index (χ4n) is 2.24. The Morgan fingerprint density at radius 2 is 2.19 bits per heavy atom. The Kier molecular flexibility index (Phi) is 2.77. The molecule has 0 saturated heterocycles. The second kappa shape index (κ2) is 4.08. The molecule has 0 bridgehead atoms. The van der Waals surface area contributed by atoms with Crippen molar-refractivity contribution in [3.63, 3.8) is 0 Å². The van der Waals surface area contributed by atoms with E-state index in [0.717, 1.165) is 17.8 Å². The van der Waals surface area contributed by atoms with Crippen LogP contribution in [0.4, 0.5) is 0 Å². The lowest BCUT2D eigenvalue weighted by Crippen LogP contribution is -2.02. The first kappa shape index (κ1) is 10.9. The van der Waals surface area contributed by atoms with Gasteiger partial charge in [-0.2, -0.15) is 20.5 Å². The van der Waals surface area contributed by atoms with Crippen LogP contribution in [0.5, 0.6) is 0 Å². The molecule has 1 unspecified atom stereocenters. The van der Waals surface area contributed by atoms with Crippen molar-refractivity contribution in [1.82, 2.24) is 25.2 Å². The number of hydrogen-bond donors (Lipinski definition) is 1. The zero-order valence-electron chi connectivity index (χ0n) is 10.2. The van der Waals surface area contributed by atoms with Crippen LogP contribution in [-0.4, -0.2) is 25.2 Å². The summed E-state index contributed by atoms with van der Waals surface area (Å²) in [6.07, 6.45) is 2.67. The van der Waals surface area contributed by atoms with Crippen molar-refractivity contribution in [2.45, 2.75) is 33.1 Å². The number of aromatic nitrogens is 5. The van der Waals surface area contributed by atoms with Crippen molar-refractivity contribution in [3.8, 4) is 0 Å². The molecule has 2 heterocycles. The van der Waals surface area contributed by atoms with E-state index in [1.54, 1.807) is 6.20 Å². The highest BCUT2D eigenvalue weighted by Gasteiger charge is 2.17. The molecule has 0 aromatic carbocycles. The molecule has 0 aliphatic heterocycles. The molecule has 0 aliphatic carbocycles. The summed E-state index contributed by atoms with van der Waals surface area (Å²) in [5.74, 6) is 0.416. The summed E-state index contributed by atoms with van der Waals surface area (Å²) in [5, 5.41) is 15.0. The van der Waals surface area contributed by atoms with Gasteiger partial charge in [-0.1, -0.05) is 6.92 Å². The Balaban J connectivity index is 2.24. The van der Waals surface area contributed by atoms with Crippen LogP contribution >= 0.6 is 0 Å². The summed E-state index contributed by atoms with van der Waals surface area (Å²) in [6.45, 7) is 6.36. The van der Waals surface area contributed by atoms with Gasteiger partial charge in [0.25, 0.3) is 0 Å². The molecule has 1 N–H and O–H groups in total. The standard InChI is InChI=1S/C11H17N5/c1-7(5-10-6-12-15-13-10)11-8(2)14-16(4)9(11)3/h6-7H,5H2,1-4H3,(H,12,13,15). The molecule has 1 atom stereocenters. The molecule has 0 radical (unpaired) electrons. The van der Waals surface area contributed by atoms with Crippen molar-refractivity contribution < 1.29 is 0 Å². The van der Waals surface area contributed by atoms with Crippen molar-refractivity contribution >= 4 is 0 Å². The van der Waals surface area contributed by atoms with Crippen LogP contribution in [0.25, 0.3) is 0 Å². The average molecular weight is 219 g/mol. The Morgan fingerprint density at radius 1 is 1.44 bits per heavy atom. The molecule has 86 valence electrons. The first-order valence-corrected chi connectivity index (χ1v) is 5.44. The van der Waals surface area contributed by atoms with E-state index in [4.69, 9.17) is 0 Å². The van der Waals surface area contributed by atoms with Crippen LogP contribution in [0.1, 0.15) is 35.5 Å². The minimum absolute atomic E-state index is 0.416. The number of rotatable bonds is 3.